The number of ether oxygens (including phenoxy) is 1. The smallest absolute Gasteiger partial charge is 0.127 e. The minimum absolute atomic E-state index is 0.480. The van der Waals surface area contributed by atoms with Crippen molar-refractivity contribution in [2.24, 2.45) is 0 Å². The van der Waals surface area contributed by atoms with E-state index in [0.29, 0.717) is 12.2 Å². The average Bonchev–Trinajstić information content (AvgIpc) is 3.59. The van der Waals surface area contributed by atoms with Crippen LogP contribution >= 0.6 is 0 Å². The minimum Gasteiger partial charge on any atom is -0.488 e. The van der Waals surface area contributed by atoms with Gasteiger partial charge in [0.25, 0.3) is 0 Å². The molecule has 1 N–H and O–H groups in total. The molecule has 6 aromatic rings. The molecule has 6 heteroatoms. The first-order chi connectivity index (χ1) is 22.3. The van der Waals surface area contributed by atoms with Gasteiger partial charge in [-0.1, -0.05) is 62.4 Å². The van der Waals surface area contributed by atoms with Crippen molar-refractivity contribution in [3.05, 3.63) is 129 Å². The maximum Gasteiger partial charge on any atom is 0.127 e. The number of fused-ring (bicyclic) bond motifs is 4. The Bertz CT molecular complexity index is 2140. The summed E-state index contributed by atoms with van der Waals surface area (Å²) >= 11 is 0. The molecule has 4 aromatic carbocycles. The predicted molar refractivity (Wildman–Crippen MR) is 187 cm³/mol. The molecule has 0 bridgehead atoms. The van der Waals surface area contributed by atoms with Crippen molar-refractivity contribution in [2.75, 3.05) is 0 Å². The molecule has 0 fully saturated rings. The molecule has 0 radical (unpaired) electrons. The number of nitrogens with zero attached hydrogens (tertiary/aromatic N) is 4. The number of rotatable bonds is 5. The fourth-order valence-electron chi connectivity index (χ4n) is 6.47. The Kier molecular flexibility index (Phi) is 8.76. The Labute approximate surface area is 271 Å². The third kappa shape index (κ3) is 5.93. The summed E-state index contributed by atoms with van der Waals surface area (Å²) in [7, 11) is 0. The second-order valence-corrected chi connectivity index (χ2v) is 12.2. The van der Waals surface area contributed by atoms with Crippen LogP contribution in [0.2, 0.25) is 0 Å². The van der Waals surface area contributed by atoms with Crippen LogP contribution in [-0.2, 0) is 26.0 Å². The van der Waals surface area contributed by atoms with Gasteiger partial charge in [0.15, 0.2) is 0 Å². The van der Waals surface area contributed by atoms with E-state index in [9.17, 15) is 5.26 Å². The van der Waals surface area contributed by atoms with Crippen LogP contribution in [0, 0.1) is 32.1 Å². The first-order valence-corrected chi connectivity index (χ1v) is 16.2. The van der Waals surface area contributed by atoms with Crippen molar-refractivity contribution < 1.29 is 4.74 Å². The number of H-pyrrole nitrogens is 1. The molecule has 1 aliphatic heterocycles. The number of nitriles is 1. The quantitative estimate of drug-likeness (QED) is 0.198. The lowest BCUT2D eigenvalue weighted by atomic mass is 9.90. The molecule has 0 atom stereocenters. The number of para-hydroxylation sites is 2. The molecular weight excluding hydrogens is 566 g/mol. The second kappa shape index (κ2) is 13.1. The van der Waals surface area contributed by atoms with Crippen LogP contribution in [0.4, 0.5) is 0 Å². The molecule has 0 unspecified atom stereocenters. The van der Waals surface area contributed by atoms with Gasteiger partial charge < -0.3 is 14.3 Å². The standard InChI is InChI=1S/C29H27N3O.C11H14N2/c1-4-8-27-31-29-19(2)9-7-11-25(29)32(27)17-21-13-14-23-22(15-21)18-33-26-12-6-5-10-24(26)28(23)20(3)16-30;1-4-10-12-9-6-7(2)5-8(3)11(9)13-10/h5-7,9-15H,4,8,17-18H2,1-3H3;5-6H,4H2,1-3H3,(H,12,13)/b28-20-;. The highest BCUT2D eigenvalue weighted by molar-refractivity contribution is 5.88. The van der Waals surface area contributed by atoms with Crippen molar-refractivity contribution in [2.45, 2.75) is 74.0 Å². The summed E-state index contributed by atoms with van der Waals surface area (Å²) in [5.74, 6) is 3.02. The van der Waals surface area contributed by atoms with Crippen molar-refractivity contribution >= 4 is 27.6 Å². The molecule has 0 amide bonds. The van der Waals surface area contributed by atoms with Gasteiger partial charge >= 0.3 is 0 Å². The minimum atomic E-state index is 0.480. The molecule has 6 nitrogen and oxygen atoms in total. The van der Waals surface area contributed by atoms with E-state index < -0.39 is 0 Å². The summed E-state index contributed by atoms with van der Waals surface area (Å²) in [6.45, 7) is 13.8. The van der Waals surface area contributed by atoms with Crippen molar-refractivity contribution in [1.29, 1.82) is 5.26 Å². The highest BCUT2D eigenvalue weighted by atomic mass is 16.5. The first kappa shape index (κ1) is 30.9. The zero-order valence-corrected chi connectivity index (χ0v) is 27.7. The fraction of sp³-hybridized carbons (Fsp3) is 0.275. The fourth-order valence-corrected chi connectivity index (χ4v) is 6.47. The average molecular weight is 608 g/mol. The number of benzene rings is 4. The Morgan fingerprint density at radius 1 is 0.913 bits per heavy atom. The van der Waals surface area contributed by atoms with Crippen molar-refractivity contribution in [3.8, 4) is 11.8 Å². The monoisotopic (exact) mass is 607 g/mol. The lowest BCUT2D eigenvalue weighted by Gasteiger charge is -2.14. The Morgan fingerprint density at radius 3 is 2.52 bits per heavy atom. The summed E-state index contributed by atoms with van der Waals surface area (Å²) in [6, 6.07) is 27.6. The summed E-state index contributed by atoms with van der Waals surface area (Å²) in [5, 5.41) is 9.70. The van der Waals surface area contributed by atoms with Gasteiger partial charge in [-0.25, -0.2) is 9.97 Å². The number of nitrogens with one attached hydrogen (secondary N) is 1. The normalized spacial score (nSPS) is 13.2. The number of hydrogen-bond donors (Lipinski definition) is 1. The maximum atomic E-state index is 9.70. The van der Waals surface area contributed by atoms with Gasteiger partial charge in [0.1, 0.15) is 24.0 Å². The van der Waals surface area contributed by atoms with E-state index in [0.717, 1.165) is 82.0 Å². The number of aryl methyl sites for hydroxylation is 5. The molecule has 0 aliphatic carbocycles. The van der Waals surface area contributed by atoms with Gasteiger partial charge in [-0.2, -0.15) is 5.26 Å². The van der Waals surface area contributed by atoms with Crippen LogP contribution < -0.4 is 4.74 Å². The number of imidazole rings is 2. The van der Waals surface area contributed by atoms with E-state index >= 15 is 0 Å². The summed E-state index contributed by atoms with van der Waals surface area (Å²) < 4.78 is 8.52. The summed E-state index contributed by atoms with van der Waals surface area (Å²) in [6.07, 6.45) is 2.97. The molecule has 0 saturated carbocycles. The van der Waals surface area contributed by atoms with Gasteiger partial charge in [-0.3, -0.25) is 0 Å². The van der Waals surface area contributed by atoms with Crippen molar-refractivity contribution in [1.82, 2.24) is 19.5 Å². The molecule has 1 aliphatic rings. The number of aromatic nitrogens is 4. The van der Waals surface area contributed by atoms with Gasteiger partial charge in [-0.15, -0.1) is 0 Å². The molecule has 3 heterocycles. The van der Waals surface area contributed by atoms with Crippen LogP contribution in [0.5, 0.6) is 5.75 Å². The lowest BCUT2D eigenvalue weighted by molar-refractivity contribution is 0.307. The van der Waals surface area contributed by atoms with Gasteiger partial charge in [0.05, 0.1) is 28.1 Å². The number of hydrogen-bond acceptors (Lipinski definition) is 4. The van der Waals surface area contributed by atoms with E-state index in [4.69, 9.17) is 9.72 Å². The highest BCUT2D eigenvalue weighted by Crippen LogP contribution is 2.39. The lowest BCUT2D eigenvalue weighted by Crippen LogP contribution is -2.06. The maximum absolute atomic E-state index is 9.70. The van der Waals surface area contributed by atoms with Crippen LogP contribution in [0.25, 0.3) is 27.6 Å². The molecule has 46 heavy (non-hydrogen) atoms. The van der Waals surface area contributed by atoms with Crippen LogP contribution in [0.3, 0.4) is 0 Å². The Morgan fingerprint density at radius 2 is 1.74 bits per heavy atom. The van der Waals surface area contributed by atoms with Crippen LogP contribution in [0.15, 0.2) is 78.4 Å². The first-order valence-electron chi connectivity index (χ1n) is 16.2. The predicted octanol–water partition coefficient (Wildman–Crippen LogP) is 9.33. The molecule has 0 spiro atoms. The third-order valence-corrected chi connectivity index (χ3v) is 8.70. The zero-order valence-electron chi connectivity index (χ0n) is 27.7. The summed E-state index contributed by atoms with van der Waals surface area (Å²) in [4.78, 5) is 12.8. The SMILES string of the molecule is CCCc1nc2c(C)cccc2n1Cc1ccc2c(c1)COc1ccccc1/C2=C(/C)C#N.CCc1nc2c(C)cc(C)cc2[nH]1. The van der Waals surface area contributed by atoms with Gasteiger partial charge in [0, 0.05) is 36.1 Å². The highest BCUT2D eigenvalue weighted by Gasteiger charge is 2.22. The van der Waals surface area contributed by atoms with Crippen LogP contribution in [-0.4, -0.2) is 19.5 Å². The Balaban J connectivity index is 0.000000238. The topological polar surface area (TPSA) is 79.5 Å². The van der Waals surface area contributed by atoms with E-state index in [1.165, 1.54) is 27.8 Å². The molecule has 232 valence electrons. The molecular formula is C40H41N5O. The third-order valence-electron chi connectivity index (χ3n) is 8.70. The van der Waals surface area contributed by atoms with Gasteiger partial charge in [0.2, 0.25) is 0 Å². The number of aromatic amines is 1. The van der Waals surface area contributed by atoms with E-state index in [-0.39, 0.29) is 0 Å². The number of allylic oxidation sites excluding steroid dienone is 1. The second-order valence-electron chi connectivity index (χ2n) is 12.2. The van der Waals surface area contributed by atoms with E-state index in [1.807, 2.05) is 31.2 Å². The van der Waals surface area contributed by atoms with Gasteiger partial charge in [-0.05, 0) is 91.8 Å². The molecule has 2 aromatic heterocycles. The van der Waals surface area contributed by atoms with E-state index in [2.05, 4.69) is 104 Å². The largest absolute Gasteiger partial charge is 0.488 e. The molecule has 7 rings (SSSR count). The van der Waals surface area contributed by atoms with Crippen molar-refractivity contribution in [3.63, 3.8) is 0 Å². The summed E-state index contributed by atoms with van der Waals surface area (Å²) in [5.41, 5.74) is 14.3. The zero-order chi connectivity index (χ0) is 32.4. The van der Waals surface area contributed by atoms with Crippen LogP contribution in [0.1, 0.15) is 77.8 Å². The van der Waals surface area contributed by atoms with E-state index in [1.54, 1.807) is 0 Å². The Hall–Kier alpha value is -5.15. The molecule has 0 saturated heterocycles.